The minimum absolute atomic E-state index is 0. The lowest BCUT2D eigenvalue weighted by Crippen LogP contribution is -2.41. The summed E-state index contributed by atoms with van der Waals surface area (Å²) in [5.74, 6) is 2.58. The average molecular weight is 456 g/mol. The van der Waals surface area contributed by atoms with Gasteiger partial charge in [-0.15, -0.1) is 24.0 Å². The molecule has 0 spiro atoms. The molecule has 0 amide bonds. The zero-order chi connectivity index (χ0) is 16.9. The van der Waals surface area contributed by atoms with Crippen LogP contribution in [0.1, 0.15) is 37.7 Å². The van der Waals surface area contributed by atoms with Gasteiger partial charge in [0.25, 0.3) is 0 Å². The van der Waals surface area contributed by atoms with Crippen molar-refractivity contribution in [1.29, 1.82) is 0 Å². The monoisotopic (exact) mass is 456 g/mol. The van der Waals surface area contributed by atoms with Gasteiger partial charge in [0, 0.05) is 31.6 Å². The number of hydrogen-bond donors (Lipinski definition) is 1. The number of likely N-dealkylation sites (N-methyl/N-ethyl adjacent to an activating group) is 1. The standard InChI is InChI=1S/C20H32N4.HI/c1-4-21-20(22-14-19(23(2)3)17-10-11-17)24-13-12-18(15-24)16-8-6-5-7-9-16;/h5-9,17-19H,4,10-15H2,1-3H3,(H,21,22);1H. The van der Waals surface area contributed by atoms with Gasteiger partial charge in [0.2, 0.25) is 0 Å². The van der Waals surface area contributed by atoms with Crippen molar-refractivity contribution in [2.75, 3.05) is 40.3 Å². The number of benzene rings is 1. The molecule has 0 radical (unpaired) electrons. The van der Waals surface area contributed by atoms with Crippen molar-refractivity contribution in [3.63, 3.8) is 0 Å². The van der Waals surface area contributed by atoms with Crippen molar-refractivity contribution < 1.29 is 0 Å². The molecule has 25 heavy (non-hydrogen) atoms. The van der Waals surface area contributed by atoms with Gasteiger partial charge in [-0.2, -0.15) is 0 Å². The van der Waals surface area contributed by atoms with Gasteiger partial charge in [-0.1, -0.05) is 30.3 Å². The van der Waals surface area contributed by atoms with Gasteiger partial charge < -0.3 is 15.1 Å². The van der Waals surface area contributed by atoms with E-state index in [1.165, 1.54) is 24.8 Å². The molecule has 2 atom stereocenters. The Labute approximate surface area is 170 Å². The highest BCUT2D eigenvalue weighted by Crippen LogP contribution is 2.34. The number of aliphatic imine (C=N–C) groups is 1. The topological polar surface area (TPSA) is 30.9 Å². The third kappa shape index (κ3) is 5.58. The second kappa shape index (κ2) is 9.76. The molecule has 140 valence electrons. The van der Waals surface area contributed by atoms with Crippen molar-refractivity contribution in [3.05, 3.63) is 35.9 Å². The summed E-state index contributed by atoms with van der Waals surface area (Å²) in [5.41, 5.74) is 1.46. The van der Waals surface area contributed by atoms with Crippen LogP contribution in [-0.2, 0) is 0 Å². The summed E-state index contributed by atoms with van der Waals surface area (Å²) < 4.78 is 0. The lowest BCUT2D eigenvalue weighted by Gasteiger charge is -2.25. The van der Waals surface area contributed by atoms with Crippen molar-refractivity contribution >= 4 is 29.9 Å². The molecule has 1 aromatic rings. The number of guanidine groups is 1. The van der Waals surface area contributed by atoms with Crippen LogP contribution >= 0.6 is 24.0 Å². The van der Waals surface area contributed by atoms with Crippen molar-refractivity contribution in [2.45, 2.75) is 38.1 Å². The second-order valence-corrected chi connectivity index (χ2v) is 7.41. The van der Waals surface area contributed by atoms with E-state index in [1.807, 2.05) is 0 Å². The van der Waals surface area contributed by atoms with Gasteiger partial charge in [0.15, 0.2) is 5.96 Å². The number of hydrogen-bond acceptors (Lipinski definition) is 2. The Hall–Kier alpha value is -0.820. The van der Waals surface area contributed by atoms with Crippen molar-refractivity contribution in [1.82, 2.24) is 15.1 Å². The van der Waals surface area contributed by atoms with Crippen LogP contribution in [0.25, 0.3) is 0 Å². The molecule has 1 saturated heterocycles. The third-order valence-electron chi connectivity index (χ3n) is 5.35. The van der Waals surface area contributed by atoms with E-state index in [-0.39, 0.29) is 24.0 Å². The maximum absolute atomic E-state index is 5.00. The fourth-order valence-electron chi connectivity index (χ4n) is 3.77. The molecule has 1 aliphatic carbocycles. The van der Waals surface area contributed by atoms with E-state index in [0.29, 0.717) is 12.0 Å². The van der Waals surface area contributed by atoms with Gasteiger partial charge in [-0.25, -0.2) is 0 Å². The van der Waals surface area contributed by atoms with Gasteiger partial charge in [-0.05, 0) is 51.8 Å². The van der Waals surface area contributed by atoms with Crippen LogP contribution in [-0.4, -0.2) is 62.1 Å². The summed E-state index contributed by atoms with van der Waals surface area (Å²) in [6, 6.07) is 11.5. The Morgan fingerprint density at radius 2 is 1.96 bits per heavy atom. The molecule has 0 bridgehead atoms. The highest BCUT2D eigenvalue weighted by Gasteiger charge is 2.33. The minimum Gasteiger partial charge on any atom is -0.357 e. The molecule has 2 fully saturated rings. The zero-order valence-electron chi connectivity index (χ0n) is 15.8. The summed E-state index contributed by atoms with van der Waals surface area (Å²) in [7, 11) is 4.37. The average Bonchev–Trinajstić information content (AvgIpc) is 3.30. The van der Waals surface area contributed by atoms with Crippen LogP contribution in [0, 0.1) is 5.92 Å². The maximum atomic E-state index is 5.00. The molecule has 0 aromatic heterocycles. The second-order valence-electron chi connectivity index (χ2n) is 7.41. The predicted molar refractivity (Wildman–Crippen MR) is 117 cm³/mol. The van der Waals surface area contributed by atoms with Crippen molar-refractivity contribution in [3.8, 4) is 0 Å². The Kier molecular flexibility index (Phi) is 8.00. The van der Waals surface area contributed by atoms with E-state index in [0.717, 1.165) is 38.1 Å². The molecule has 1 aliphatic heterocycles. The first-order valence-corrected chi connectivity index (χ1v) is 9.43. The molecule has 1 heterocycles. The number of nitrogens with zero attached hydrogens (tertiary/aromatic N) is 3. The summed E-state index contributed by atoms with van der Waals surface area (Å²) in [5, 5.41) is 3.51. The first-order valence-electron chi connectivity index (χ1n) is 9.43. The predicted octanol–water partition coefficient (Wildman–Crippen LogP) is 3.40. The minimum atomic E-state index is 0. The number of likely N-dealkylation sites (tertiary alicyclic amines) is 1. The summed E-state index contributed by atoms with van der Waals surface area (Å²) in [4.78, 5) is 9.79. The third-order valence-corrected chi connectivity index (χ3v) is 5.35. The Balaban J connectivity index is 0.00000225. The smallest absolute Gasteiger partial charge is 0.193 e. The number of nitrogens with one attached hydrogen (secondary N) is 1. The molecular weight excluding hydrogens is 423 g/mol. The lowest BCUT2D eigenvalue weighted by atomic mass is 9.99. The zero-order valence-corrected chi connectivity index (χ0v) is 18.1. The van der Waals surface area contributed by atoms with Gasteiger partial charge in [-0.3, -0.25) is 4.99 Å². The Bertz CT molecular complexity index is 540. The summed E-state index contributed by atoms with van der Waals surface area (Å²) in [6.07, 6.45) is 3.96. The fourth-order valence-corrected chi connectivity index (χ4v) is 3.77. The van der Waals surface area contributed by atoms with Gasteiger partial charge in [0.05, 0.1) is 6.54 Å². The maximum Gasteiger partial charge on any atom is 0.193 e. The molecule has 4 nitrogen and oxygen atoms in total. The van der Waals surface area contributed by atoms with E-state index >= 15 is 0 Å². The molecular formula is C20H33IN4. The molecule has 3 rings (SSSR count). The first kappa shape index (κ1) is 20.5. The van der Waals surface area contributed by atoms with E-state index in [2.05, 4.69) is 66.5 Å². The molecule has 2 unspecified atom stereocenters. The summed E-state index contributed by atoms with van der Waals surface area (Å²) >= 11 is 0. The van der Waals surface area contributed by atoms with E-state index in [1.54, 1.807) is 0 Å². The fraction of sp³-hybridized carbons (Fsp3) is 0.650. The summed E-state index contributed by atoms with van der Waals surface area (Å²) in [6.45, 7) is 6.17. The van der Waals surface area contributed by atoms with Gasteiger partial charge in [0.1, 0.15) is 0 Å². The van der Waals surface area contributed by atoms with Crippen LogP contribution in [0.5, 0.6) is 0 Å². The quantitative estimate of drug-likeness (QED) is 0.405. The normalized spacial score (nSPS) is 22.0. The van der Waals surface area contributed by atoms with Crippen LogP contribution < -0.4 is 5.32 Å². The van der Waals surface area contributed by atoms with Crippen LogP contribution in [0.4, 0.5) is 0 Å². The Morgan fingerprint density at radius 1 is 1.24 bits per heavy atom. The first-order chi connectivity index (χ1) is 11.7. The largest absolute Gasteiger partial charge is 0.357 e. The molecule has 1 saturated carbocycles. The SMILES string of the molecule is CCNC(=NCC(C1CC1)N(C)C)N1CCC(c2ccccc2)C1.I. The van der Waals surface area contributed by atoms with Gasteiger partial charge >= 0.3 is 0 Å². The molecule has 5 heteroatoms. The lowest BCUT2D eigenvalue weighted by molar-refractivity contribution is 0.270. The van der Waals surface area contributed by atoms with E-state index < -0.39 is 0 Å². The highest BCUT2D eigenvalue weighted by molar-refractivity contribution is 14.0. The highest BCUT2D eigenvalue weighted by atomic mass is 127. The number of halogens is 1. The van der Waals surface area contributed by atoms with E-state index in [4.69, 9.17) is 4.99 Å². The van der Waals surface area contributed by atoms with Crippen LogP contribution in [0.2, 0.25) is 0 Å². The molecule has 1 N–H and O–H groups in total. The van der Waals surface area contributed by atoms with E-state index in [9.17, 15) is 0 Å². The molecule has 1 aromatic carbocycles. The van der Waals surface area contributed by atoms with Crippen LogP contribution in [0.3, 0.4) is 0 Å². The van der Waals surface area contributed by atoms with Crippen molar-refractivity contribution in [2.24, 2.45) is 10.9 Å². The van der Waals surface area contributed by atoms with Crippen LogP contribution in [0.15, 0.2) is 35.3 Å². The number of rotatable bonds is 6. The molecule has 2 aliphatic rings. The Morgan fingerprint density at radius 3 is 2.56 bits per heavy atom.